The standard InChI is InChI=1S/C21H20O2/c1-5-16-6-8-17(9-7-16)10-11-18-12-14-19(15-13-18)20(22)23-21(2,3)4/h5-9,12-15H,1H2,2-4H3. The molecule has 0 aliphatic heterocycles. The van der Waals surface area contributed by atoms with Crippen molar-refractivity contribution in [1.82, 2.24) is 0 Å². The quantitative estimate of drug-likeness (QED) is 0.594. The first-order valence-electron chi connectivity index (χ1n) is 7.45. The van der Waals surface area contributed by atoms with Crippen LogP contribution in [0.3, 0.4) is 0 Å². The monoisotopic (exact) mass is 304 g/mol. The molecular formula is C21H20O2. The number of esters is 1. The largest absolute Gasteiger partial charge is 0.456 e. The van der Waals surface area contributed by atoms with Gasteiger partial charge in [0.1, 0.15) is 5.60 Å². The SMILES string of the molecule is C=Cc1ccc(C#Cc2ccc(C(=O)OC(C)(C)C)cc2)cc1. The number of carbonyl (C=O) groups is 1. The molecule has 0 aromatic heterocycles. The first-order valence-corrected chi connectivity index (χ1v) is 7.45. The fourth-order valence-electron chi connectivity index (χ4n) is 1.87. The van der Waals surface area contributed by atoms with Gasteiger partial charge in [-0.3, -0.25) is 0 Å². The number of hydrogen-bond acceptors (Lipinski definition) is 2. The summed E-state index contributed by atoms with van der Waals surface area (Å²) in [5, 5.41) is 0. The van der Waals surface area contributed by atoms with Gasteiger partial charge in [0, 0.05) is 11.1 Å². The van der Waals surface area contributed by atoms with Crippen molar-refractivity contribution in [3.8, 4) is 11.8 Å². The fourth-order valence-corrected chi connectivity index (χ4v) is 1.87. The predicted octanol–water partition coefficient (Wildman–Crippen LogP) is 4.68. The minimum Gasteiger partial charge on any atom is -0.456 e. The Labute approximate surface area is 137 Å². The minimum absolute atomic E-state index is 0.322. The molecule has 2 aromatic carbocycles. The van der Waals surface area contributed by atoms with Crippen LogP contribution in [-0.4, -0.2) is 11.6 Å². The second-order valence-corrected chi connectivity index (χ2v) is 6.16. The molecule has 23 heavy (non-hydrogen) atoms. The number of ether oxygens (including phenoxy) is 1. The highest BCUT2D eigenvalue weighted by Gasteiger charge is 2.17. The van der Waals surface area contributed by atoms with Crippen LogP contribution in [-0.2, 0) is 4.74 Å². The Balaban J connectivity index is 2.09. The van der Waals surface area contributed by atoms with E-state index in [4.69, 9.17) is 4.74 Å². The second kappa shape index (κ2) is 6.98. The number of carbonyl (C=O) groups excluding carboxylic acids is 1. The summed E-state index contributed by atoms with van der Waals surface area (Å²) >= 11 is 0. The normalized spacial score (nSPS) is 10.4. The number of hydrogen-bond donors (Lipinski definition) is 0. The molecule has 2 rings (SSSR count). The molecule has 0 N–H and O–H groups in total. The molecule has 0 spiro atoms. The Morgan fingerprint density at radius 1 is 0.957 bits per heavy atom. The van der Waals surface area contributed by atoms with Crippen molar-refractivity contribution in [2.24, 2.45) is 0 Å². The zero-order chi connectivity index (χ0) is 16.9. The topological polar surface area (TPSA) is 26.3 Å². The molecule has 0 amide bonds. The Bertz CT molecular complexity index is 749. The van der Waals surface area contributed by atoms with Crippen LogP contribution in [0.15, 0.2) is 55.1 Å². The second-order valence-electron chi connectivity index (χ2n) is 6.16. The van der Waals surface area contributed by atoms with Gasteiger partial charge >= 0.3 is 5.97 Å². The highest BCUT2D eigenvalue weighted by Crippen LogP contribution is 2.13. The molecule has 2 heteroatoms. The maximum Gasteiger partial charge on any atom is 0.338 e. The van der Waals surface area contributed by atoms with Crippen LogP contribution in [0.4, 0.5) is 0 Å². The van der Waals surface area contributed by atoms with Crippen molar-refractivity contribution in [3.63, 3.8) is 0 Å². The molecule has 0 saturated heterocycles. The molecule has 0 fully saturated rings. The average Bonchev–Trinajstić information content (AvgIpc) is 2.52. The zero-order valence-electron chi connectivity index (χ0n) is 13.7. The third-order valence-electron chi connectivity index (χ3n) is 3.02. The van der Waals surface area contributed by atoms with Crippen molar-refractivity contribution in [2.45, 2.75) is 26.4 Å². The van der Waals surface area contributed by atoms with Gasteiger partial charge in [0.05, 0.1) is 5.56 Å². The van der Waals surface area contributed by atoms with Crippen LogP contribution in [0.1, 0.15) is 47.8 Å². The summed E-state index contributed by atoms with van der Waals surface area (Å²) in [5.41, 5.74) is 2.89. The molecule has 0 bridgehead atoms. The van der Waals surface area contributed by atoms with E-state index in [1.165, 1.54) is 0 Å². The summed E-state index contributed by atoms with van der Waals surface area (Å²) in [6.07, 6.45) is 1.80. The zero-order valence-corrected chi connectivity index (χ0v) is 13.7. The van der Waals surface area contributed by atoms with Crippen molar-refractivity contribution in [3.05, 3.63) is 77.4 Å². The van der Waals surface area contributed by atoms with E-state index in [2.05, 4.69) is 18.4 Å². The molecule has 0 aliphatic rings. The smallest absolute Gasteiger partial charge is 0.338 e. The van der Waals surface area contributed by atoms with E-state index in [1.807, 2.05) is 57.2 Å². The molecule has 0 heterocycles. The highest BCUT2D eigenvalue weighted by molar-refractivity contribution is 5.89. The molecule has 2 nitrogen and oxygen atoms in total. The first kappa shape index (κ1) is 16.6. The molecule has 0 unspecified atom stereocenters. The van der Waals surface area contributed by atoms with Crippen LogP contribution in [0, 0.1) is 11.8 Å². The van der Waals surface area contributed by atoms with Gasteiger partial charge in [0.2, 0.25) is 0 Å². The molecule has 0 saturated carbocycles. The van der Waals surface area contributed by atoms with Gasteiger partial charge in [-0.15, -0.1) is 0 Å². The van der Waals surface area contributed by atoms with Crippen LogP contribution >= 0.6 is 0 Å². The van der Waals surface area contributed by atoms with E-state index in [9.17, 15) is 4.79 Å². The molecule has 2 aromatic rings. The molecule has 0 atom stereocenters. The highest BCUT2D eigenvalue weighted by atomic mass is 16.6. The van der Waals surface area contributed by atoms with Crippen LogP contribution < -0.4 is 0 Å². The lowest BCUT2D eigenvalue weighted by Crippen LogP contribution is -2.23. The van der Waals surface area contributed by atoms with Crippen LogP contribution in [0.2, 0.25) is 0 Å². The first-order chi connectivity index (χ1) is 10.9. The summed E-state index contributed by atoms with van der Waals surface area (Å²) < 4.78 is 5.33. The van der Waals surface area contributed by atoms with E-state index in [-0.39, 0.29) is 5.97 Å². The number of benzene rings is 2. The van der Waals surface area contributed by atoms with E-state index in [1.54, 1.807) is 18.2 Å². The van der Waals surface area contributed by atoms with Crippen molar-refractivity contribution in [2.75, 3.05) is 0 Å². The van der Waals surface area contributed by atoms with Crippen LogP contribution in [0.25, 0.3) is 6.08 Å². The van der Waals surface area contributed by atoms with Crippen molar-refractivity contribution >= 4 is 12.0 Å². The molecule has 0 aliphatic carbocycles. The lowest BCUT2D eigenvalue weighted by molar-refractivity contribution is 0.00695. The van der Waals surface area contributed by atoms with E-state index >= 15 is 0 Å². The molecular weight excluding hydrogens is 284 g/mol. The summed E-state index contributed by atoms with van der Waals surface area (Å²) in [6, 6.07) is 15.0. The Morgan fingerprint density at radius 2 is 1.43 bits per heavy atom. The summed E-state index contributed by atoms with van der Waals surface area (Å²) in [6.45, 7) is 9.27. The van der Waals surface area contributed by atoms with Gasteiger partial charge < -0.3 is 4.74 Å². The molecule has 0 radical (unpaired) electrons. The fraction of sp³-hybridized carbons (Fsp3) is 0.190. The summed E-state index contributed by atoms with van der Waals surface area (Å²) in [4.78, 5) is 11.9. The summed E-state index contributed by atoms with van der Waals surface area (Å²) in [7, 11) is 0. The minimum atomic E-state index is -0.493. The van der Waals surface area contributed by atoms with Crippen LogP contribution in [0.5, 0.6) is 0 Å². The lowest BCUT2D eigenvalue weighted by atomic mass is 10.1. The lowest BCUT2D eigenvalue weighted by Gasteiger charge is -2.19. The van der Waals surface area contributed by atoms with Gasteiger partial charge in [-0.05, 0) is 62.7 Å². The van der Waals surface area contributed by atoms with Gasteiger partial charge in [-0.1, -0.05) is 36.6 Å². The van der Waals surface area contributed by atoms with Crippen molar-refractivity contribution in [1.29, 1.82) is 0 Å². The van der Waals surface area contributed by atoms with E-state index in [0.29, 0.717) is 5.56 Å². The van der Waals surface area contributed by atoms with E-state index in [0.717, 1.165) is 16.7 Å². The van der Waals surface area contributed by atoms with Crippen molar-refractivity contribution < 1.29 is 9.53 Å². The Kier molecular flexibility index (Phi) is 5.03. The van der Waals surface area contributed by atoms with Gasteiger partial charge in [0.15, 0.2) is 0 Å². The molecule has 116 valence electrons. The summed E-state index contributed by atoms with van der Waals surface area (Å²) in [5.74, 6) is 5.86. The Morgan fingerprint density at radius 3 is 1.87 bits per heavy atom. The average molecular weight is 304 g/mol. The van der Waals surface area contributed by atoms with Gasteiger partial charge in [-0.25, -0.2) is 4.79 Å². The van der Waals surface area contributed by atoms with E-state index < -0.39 is 5.60 Å². The third kappa shape index (κ3) is 5.16. The maximum atomic E-state index is 11.9. The van der Waals surface area contributed by atoms with Gasteiger partial charge in [-0.2, -0.15) is 0 Å². The third-order valence-corrected chi connectivity index (χ3v) is 3.02. The number of rotatable bonds is 2. The maximum absolute atomic E-state index is 11.9. The Hall–Kier alpha value is -2.79. The van der Waals surface area contributed by atoms with Gasteiger partial charge in [0.25, 0.3) is 0 Å². The predicted molar refractivity (Wildman–Crippen MR) is 94.1 cm³/mol.